The molecule has 0 aliphatic heterocycles. The first-order valence-corrected chi connectivity index (χ1v) is 10.1. The van der Waals surface area contributed by atoms with Gasteiger partial charge in [0, 0.05) is 16.3 Å². The van der Waals surface area contributed by atoms with E-state index in [0.29, 0.717) is 19.6 Å². The molecule has 25 heavy (non-hydrogen) atoms. The zero-order chi connectivity index (χ0) is 18.1. The number of methoxy groups -OCH3 is 1. The van der Waals surface area contributed by atoms with Crippen LogP contribution in [0.5, 0.6) is 0 Å². The van der Waals surface area contributed by atoms with Gasteiger partial charge in [0.05, 0.1) is 20.2 Å². The van der Waals surface area contributed by atoms with Crippen molar-refractivity contribution >= 4 is 34.7 Å². The van der Waals surface area contributed by atoms with Gasteiger partial charge >= 0.3 is 12.0 Å². The Morgan fingerprint density at radius 1 is 1.04 bits per heavy atom. The van der Waals surface area contributed by atoms with E-state index in [-0.39, 0.29) is 12.6 Å². The van der Waals surface area contributed by atoms with Crippen molar-refractivity contribution in [1.82, 2.24) is 9.80 Å². The Kier molecular flexibility index (Phi) is 7.94. The molecule has 2 aromatic rings. The molecule has 0 fully saturated rings. The highest BCUT2D eigenvalue weighted by atomic mass is 32.1. The minimum absolute atomic E-state index is 0.0132. The minimum Gasteiger partial charge on any atom is -0.468 e. The molecule has 0 aliphatic carbocycles. The fourth-order valence-electron chi connectivity index (χ4n) is 2.38. The predicted octanol–water partition coefficient (Wildman–Crippen LogP) is 4.21. The third kappa shape index (κ3) is 6.17. The van der Waals surface area contributed by atoms with Crippen molar-refractivity contribution in [3.8, 4) is 0 Å². The zero-order valence-electron chi connectivity index (χ0n) is 14.6. The standard InChI is InChI=1S/C18H24N2O3S2/c1-3-4-9-19(14-17(21)23-2)18(22)20(12-15-7-5-10-24-15)13-16-8-6-11-25-16/h5-8,10-11H,3-4,9,12-14H2,1-2H3. The van der Waals surface area contributed by atoms with Crippen LogP contribution in [0, 0.1) is 0 Å². The van der Waals surface area contributed by atoms with E-state index in [1.165, 1.54) is 7.11 Å². The molecule has 2 amide bonds. The second-order valence-corrected chi connectivity index (χ2v) is 7.71. The first-order chi connectivity index (χ1) is 12.1. The Labute approximate surface area is 156 Å². The fourth-order valence-corrected chi connectivity index (χ4v) is 3.82. The molecule has 2 rings (SSSR count). The van der Waals surface area contributed by atoms with Crippen molar-refractivity contribution in [2.75, 3.05) is 20.2 Å². The number of nitrogens with zero attached hydrogens (tertiary/aromatic N) is 2. The van der Waals surface area contributed by atoms with Crippen molar-refractivity contribution in [2.45, 2.75) is 32.9 Å². The number of urea groups is 1. The number of hydrogen-bond donors (Lipinski definition) is 0. The van der Waals surface area contributed by atoms with Gasteiger partial charge in [0.1, 0.15) is 6.54 Å². The van der Waals surface area contributed by atoms with Gasteiger partial charge in [0.25, 0.3) is 0 Å². The van der Waals surface area contributed by atoms with E-state index in [1.807, 2.05) is 35.0 Å². The first-order valence-electron chi connectivity index (χ1n) is 8.29. The summed E-state index contributed by atoms with van der Waals surface area (Å²) in [6.07, 6.45) is 1.81. The van der Waals surface area contributed by atoms with E-state index >= 15 is 0 Å². The van der Waals surface area contributed by atoms with Crippen LogP contribution < -0.4 is 0 Å². The van der Waals surface area contributed by atoms with Gasteiger partial charge in [-0.15, -0.1) is 22.7 Å². The van der Waals surface area contributed by atoms with Crippen LogP contribution in [0.15, 0.2) is 35.0 Å². The van der Waals surface area contributed by atoms with Crippen LogP contribution in [-0.2, 0) is 22.6 Å². The number of thiophene rings is 2. The number of amides is 2. The van der Waals surface area contributed by atoms with E-state index < -0.39 is 5.97 Å². The van der Waals surface area contributed by atoms with Gasteiger partial charge in [-0.1, -0.05) is 25.5 Å². The zero-order valence-corrected chi connectivity index (χ0v) is 16.3. The van der Waals surface area contributed by atoms with Gasteiger partial charge in [-0.25, -0.2) is 4.79 Å². The lowest BCUT2D eigenvalue weighted by molar-refractivity contribution is -0.141. The summed E-state index contributed by atoms with van der Waals surface area (Å²) in [7, 11) is 1.35. The number of hydrogen-bond acceptors (Lipinski definition) is 5. The molecule has 0 aromatic carbocycles. The summed E-state index contributed by atoms with van der Waals surface area (Å²) in [6, 6.07) is 7.89. The maximum Gasteiger partial charge on any atom is 0.325 e. The Hall–Kier alpha value is -1.86. The highest BCUT2D eigenvalue weighted by molar-refractivity contribution is 7.10. The predicted molar refractivity (Wildman–Crippen MR) is 102 cm³/mol. The maximum atomic E-state index is 13.1. The second-order valence-electron chi connectivity index (χ2n) is 5.65. The maximum absolute atomic E-state index is 13.1. The van der Waals surface area contributed by atoms with Crippen molar-refractivity contribution < 1.29 is 14.3 Å². The van der Waals surface area contributed by atoms with Gasteiger partial charge in [0.2, 0.25) is 0 Å². The number of carbonyl (C=O) groups excluding carboxylic acids is 2. The molecule has 0 bridgehead atoms. The van der Waals surface area contributed by atoms with Gasteiger partial charge in [0.15, 0.2) is 0 Å². The first kappa shape index (κ1) is 19.5. The van der Waals surface area contributed by atoms with Crippen molar-refractivity contribution in [2.24, 2.45) is 0 Å². The van der Waals surface area contributed by atoms with Crippen LogP contribution in [0.25, 0.3) is 0 Å². The van der Waals surface area contributed by atoms with E-state index in [9.17, 15) is 9.59 Å². The Morgan fingerprint density at radius 3 is 2.08 bits per heavy atom. The monoisotopic (exact) mass is 380 g/mol. The van der Waals surface area contributed by atoms with Crippen LogP contribution in [0.1, 0.15) is 29.5 Å². The molecule has 0 N–H and O–H groups in total. The quantitative estimate of drug-likeness (QED) is 0.613. The van der Waals surface area contributed by atoms with Gasteiger partial charge in [-0.3, -0.25) is 4.79 Å². The summed E-state index contributed by atoms with van der Waals surface area (Å²) >= 11 is 3.26. The molecule has 136 valence electrons. The molecule has 0 radical (unpaired) electrons. The van der Waals surface area contributed by atoms with Crippen molar-refractivity contribution in [3.63, 3.8) is 0 Å². The Balaban J connectivity index is 2.15. The lowest BCUT2D eigenvalue weighted by Gasteiger charge is -2.29. The average Bonchev–Trinajstić information content (AvgIpc) is 3.31. The van der Waals surface area contributed by atoms with E-state index in [1.54, 1.807) is 32.5 Å². The fraction of sp³-hybridized carbons (Fsp3) is 0.444. The Morgan fingerprint density at radius 2 is 1.64 bits per heavy atom. The van der Waals surface area contributed by atoms with Crippen LogP contribution in [0.3, 0.4) is 0 Å². The molecular weight excluding hydrogens is 356 g/mol. The molecule has 5 nitrogen and oxygen atoms in total. The normalized spacial score (nSPS) is 10.5. The number of rotatable bonds is 9. The number of carbonyl (C=O) groups is 2. The summed E-state index contributed by atoms with van der Waals surface area (Å²) in [5.41, 5.74) is 0. The SMILES string of the molecule is CCCCN(CC(=O)OC)C(=O)N(Cc1cccs1)Cc1cccs1. The summed E-state index contributed by atoms with van der Waals surface area (Å²) in [5, 5.41) is 4.01. The van der Waals surface area contributed by atoms with Gasteiger partial charge in [-0.2, -0.15) is 0 Å². The van der Waals surface area contributed by atoms with Crippen LogP contribution in [0.2, 0.25) is 0 Å². The lowest BCUT2D eigenvalue weighted by atomic mass is 10.3. The molecule has 0 spiro atoms. The van der Waals surface area contributed by atoms with Gasteiger partial charge in [-0.05, 0) is 29.3 Å². The molecule has 2 heterocycles. The molecule has 7 heteroatoms. The van der Waals surface area contributed by atoms with E-state index in [0.717, 1.165) is 22.6 Å². The van der Waals surface area contributed by atoms with E-state index in [2.05, 4.69) is 6.92 Å². The molecule has 2 aromatic heterocycles. The van der Waals surface area contributed by atoms with E-state index in [4.69, 9.17) is 4.74 Å². The molecular formula is C18H24N2O3S2. The van der Waals surface area contributed by atoms with Crippen molar-refractivity contribution in [3.05, 3.63) is 44.8 Å². The average molecular weight is 381 g/mol. The second kappa shape index (κ2) is 10.2. The minimum atomic E-state index is -0.392. The lowest BCUT2D eigenvalue weighted by Crippen LogP contribution is -2.45. The molecule has 0 aliphatic rings. The van der Waals surface area contributed by atoms with Crippen molar-refractivity contribution in [1.29, 1.82) is 0 Å². The number of esters is 1. The smallest absolute Gasteiger partial charge is 0.325 e. The third-order valence-electron chi connectivity index (χ3n) is 3.72. The number of unbranched alkanes of at least 4 members (excludes halogenated alkanes) is 1. The summed E-state index contributed by atoms with van der Waals surface area (Å²) < 4.78 is 4.76. The highest BCUT2D eigenvalue weighted by Crippen LogP contribution is 2.19. The topological polar surface area (TPSA) is 49.9 Å². The Bertz CT molecular complexity index is 605. The number of ether oxygens (including phenoxy) is 1. The summed E-state index contributed by atoms with van der Waals surface area (Å²) in [5.74, 6) is -0.392. The van der Waals surface area contributed by atoms with Gasteiger partial charge < -0.3 is 14.5 Å². The van der Waals surface area contributed by atoms with Crippen LogP contribution >= 0.6 is 22.7 Å². The highest BCUT2D eigenvalue weighted by Gasteiger charge is 2.24. The van der Waals surface area contributed by atoms with Crippen LogP contribution in [-0.4, -0.2) is 42.0 Å². The summed E-state index contributed by atoms with van der Waals surface area (Å²) in [6.45, 7) is 3.68. The molecule has 0 saturated heterocycles. The summed E-state index contributed by atoms with van der Waals surface area (Å²) in [4.78, 5) is 30.5. The van der Waals surface area contributed by atoms with Crippen LogP contribution in [0.4, 0.5) is 4.79 Å². The molecule has 0 atom stereocenters. The molecule has 0 saturated carbocycles. The third-order valence-corrected chi connectivity index (χ3v) is 5.45. The molecule has 0 unspecified atom stereocenters. The largest absolute Gasteiger partial charge is 0.468 e.